The molecule has 0 aliphatic carbocycles. The van der Waals surface area contributed by atoms with Crippen molar-refractivity contribution >= 4 is 17.2 Å². The molecule has 6 nitrogen and oxygen atoms in total. The highest BCUT2D eigenvalue weighted by Gasteiger charge is 2.24. The fraction of sp³-hybridized carbons (Fsp3) is 0.476. The Hall–Kier alpha value is -2.63. The molecule has 0 spiro atoms. The zero-order valence-corrected chi connectivity index (χ0v) is 16.6. The summed E-state index contributed by atoms with van der Waals surface area (Å²) in [4.78, 5) is 2.36. The summed E-state index contributed by atoms with van der Waals surface area (Å²) < 4.78 is 1.90. The minimum atomic E-state index is -0.0875. The minimum Gasteiger partial charge on any atom is -0.382 e. The third-order valence-corrected chi connectivity index (χ3v) is 5.13. The number of nitrogens with one attached hydrogen (secondary N) is 1. The first-order valence-corrected chi connectivity index (χ1v) is 9.71. The van der Waals surface area contributed by atoms with E-state index in [2.05, 4.69) is 78.4 Å². The smallest absolute Gasteiger partial charge is 0.178 e. The first kappa shape index (κ1) is 17.8. The van der Waals surface area contributed by atoms with Crippen LogP contribution in [0.4, 0.5) is 11.5 Å². The van der Waals surface area contributed by atoms with Crippen LogP contribution < -0.4 is 10.2 Å². The summed E-state index contributed by atoms with van der Waals surface area (Å²) in [5.74, 6) is 1.90. The molecule has 142 valence electrons. The maximum atomic E-state index is 4.84. The van der Waals surface area contributed by atoms with E-state index in [1.54, 1.807) is 0 Å². The van der Waals surface area contributed by atoms with Crippen LogP contribution in [0.2, 0.25) is 0 Å². The van der Waals surface area contributed by atoms with Crippen molar-refractivity contribution in [3.63, 3.8) is 0 Å². The summed E-state index contributed by atoms with van der Waals surface area (Å²) in [5.41, 5.74) is 3.22. The first-order chi connectivity index (χ1) is 12.9. The van der Waals surface area contributed by atoms with Crippen molar-refractivity contribution in [2.24, 2.45) is 0 Å². The molecule has 4 rings (SSSR count). The minimum absolute atomic E-state index is 0.0875. The van der Waals surface area contributed by atoms with E-state index in [9.17, 15) is 0 Å². The average Bonchev–Trinajstić information content (AvgIpc) is 3.06. The maximum Gasteiger partial charge on any atom is 0.178 e. The van der Waals surface area contributed by atoms with Crippen LogP contribution >= 0.6 is 0 Å². The second-order valence-electron chi connectivity index (χ2n) is 8.51. The second-order valence-corrected chi connectivity index (χ2v) is 8.51. The molecule has 3 heterocycles. The predicted molar refractivity (Wildman–Crippen MR) is 110 cm³/mol. The van der Waals surface area contributed by atoms with Gasteiger partial charge in [-0.3, -0.25) is 0 Å². The Bertz CT molecular complexity index is 931. The zero-order chi connectivity index (χ0) is 19.0. The number of piperidine rings is 1. The van der Waals surface area contributed by atoms with E-state index in [1.165, 1.54) is 11.3 Å². The molecule has 1 N–H and O–H groups in total. The monoisotopic (exact) mass is 364 g/mol. The Kier molecular flexibility index (Phi) is 4.50. The molecule has 1 saturated heterocycles. The Morgan fingerprint density at radius 3 is 2.52 bits per heavy atom. The number of aromatic nitrogens is 4. The summed E-state index contributed by atoms with van der Waals surface area (Å²) in [5, 5.41) is 17.1. The van der Waals surface area contributed by atoms with E-state index in [4.69, 9.17) is 5.10 Å². The van der Waals surface area contributed by atoms with E-state index in [-0.39, 0.29) is 5.41 Å². The summed E-state index contributed by atoms with van der Waals surface area (Å²) in [7, 11) is 0. The quantitative estimate of drug-likeness (QED) is 0.766. The highest BCUT2D eigenvalue weighted by atomic mass is 15.4. The summed E-state index contributed by atoms with van der Waals surface area (Å²) in [6.07, 6.45) is 2.20. The SMILES string of the molecule is Cc1cccc(NC2CCN(c3ccc4nnc(C(C)(C)C)n4n3)CC2)c1. The number of rotatable bonds is 3. The van der Waals surface area contributed by atoms with Gasteiger partial charge in [-0.25, -0.2) is 0 Å². The fourth-order valence-electron chi connectivity index (χ4n) is 3.64. The molecular weight excluding hydrogens is 336 g/mol. The van der Waals surface area contributed by atoms with Crippen LogP contribution in [-0.2, 0) is 5.41 Å². The summed E-state index contributed by atoms with van der Waals surface area (Å²) >= 11 is 0. The predicted octanol–water partition coefficient (Wildman–Crippen LogP) is 3.81. The molecular formula is C21H28N6. The van der Waals surface area contributed by atoms with Crippen LogP contribution in [0.1, 0.15) is 45.0 Å². The van der Waals surface area contributed by atoms with E-state index in [1.807, 2.05) is 10.6 Å². The van der Waals surface area contributed by atoms with Gasteiger partial charge >= 0.3 is 0 Å². The molecule has 0 amide bonds. The topological polar surface area (TPSA) is 58.3 Å². The van der Waals surface area contributed by atoms with Crippen LogP contribution in [0.5, 0.6) is 0 Å². The van der Waals surface area contributed by atoms with Gasteiger partial charge in [-0.05, 0) is 49.6 Å². The highest BCUT2D eigenvalue weighted by Crippen LogP contribution is 2.24. The standard InChI is InChI=1S/C21H28N6/c1-15-6-5-7-17(14-15)22-16-10-12-26(13-11-16)19-9-8-18-23-24-20(21(2,3)4)27(18)25-19/h5-9,14,16,22H,10-13H2,1-4H3. The zero-order valence-electron chi connectivity index (χ0n) is 16.6. The molecule has 1 aromatic carbocycles. The molecule has 0 saturated carbocycles. The van der Waals surface area contributed by atoms with Crippen LogP contribution in [0, 0.1) is 6.92 Å². The molecule has 27 heavy (non-hydrogen) atoms. The van der Waals surface area contributed by atoms with Crippen molar-refractivity contribution in [2.75, 3.05) is 23.3 Å². The van der Waals surface area contributed by atoms with Crippen LogP contribution in [-0.4, -0.2) is 38.9 Å². The lowest BCUT2D eigenvalue weighted by atomic mass is 9.96. The van der Waals surface area contributed by atoms with Gasteiger partial charge in [0, 0.05) is 30.2 Å². The Labute approximate surface area is 160 Å². The number of fused-ring (bicyclic) bond motifs is 1. The lowest BCUT2D eigenvalue weighted by Gasteiger charge is -2.33. The number of hydrogen-bond donors (Lipinski definition) is 1. The van der Waals surface area contributed by atoms with Crippen molar-refractivity contribution in [1.29, 1.82) is 0 Å². The van der Waals surface area contributed by atoms with Gasteiger partial charge in [0.2, 0.25) is 0 Å². The van der Waals surface area contributed by atoms with E-state index < -0.39 is 0 Å². The van der Waals surface area contributed by atoms with Crippen molar-refractivity contribution in [3.8, 4) is 0 Å². The average molecular weight is 364 g/mol. The number of benzene rings is 1. The molecule has 0 atom stereocenters. The van der Waals surface area contributed by atoms with Crippen molar-refractivity contribution < 1.29 is 0 Å². The van der Waals surface area contributed by atoms with Gasteiger partial charge in [-0.15, -0.1) is 15.3 Å². The van der Waals surface area contributed by atoms with Crippen molar-refractivity contribution in [1.82, 2.24) is 19.8 Å². The number of anilines is 2. The number of nitrogens with zero attached hydrogens (tertiary/aromatic N) is 5. The van der Waals surface area contributed by atoms with E-state index in [0.29, 0.717) is 6.04 Å². The van der Waals surface area contributed by atoms with Gasteiger partial charge in [-0.1, -0.05) is 32.9 Å². The van der Waals surface area contributed by atoms with Crippen LogP contribution in [0.15, 0.2) is 36.4 Å². The Morgan fingerprint density at radius 2 is 1.81 bits per heavy atom. The number of hydrogen-bond acceptors (Lipinski definition) is 5. The molecule has 0 bridgehead atoms. The largest absolute Gasteiger partial charge is 0.382 e. The normalized spacial score (nSPS) is 16.1. The molecule has 2 aromatic heterocycles. The van der Waals surface area contributed by atoms with Crippen LogP contribution in [0.3, 0.4) is 0 Å². The first-order valence-electron chi connectivity index (χ1n) is 9.71. The molecule has 3 aromatic rings. The third-order valence-electron chi connectivity index (χ3n) is 5.13. The number of aryl methyl sites for hydroxylation is 1. The molecule has 1 aliphatic rings. The van der Waals surface area contributed by atoms with Gasteiger partial charge < -0.3 is 10.2 Å². The van der Waals surface area contributed by atoms with Gasteiger partial charge in [0.25, 0.3) is 0 Å². The Morgan fingerprint density at radius 1 is 1.04 bits per heavy atom. The molecule has 0 unspecified atom stereocenters. The molecule has 6 heteroatoms. The van der Waals surface area contributed by atoms with Gasteiger partial charge in [0.05, 0.1) is 0 Å². The fourth-order valence-corrected chi connectivity index (χ4v) is 3.64. The molecule has 1 aliphatic heterocycles. The van der Waals surface area contributed by atoms with E-state index >= 15 is 0 Å². The van der Waals surface area contributed by atoms with Crippen LogP contribution in [0.25, 0.3) is 5.65 Å². The van der Waals surface area contributed by atoms with Crippen molar-refractivity contribution in [3.05, 3.63) is 47.8 Å². The Balaban J connectivity index is 1.46. The third kappa shape index (κ3) is 3.75. The van der Waals surface area contributed by atoms with Crippen molar-refractivity contribution in [2.45, 2.75) is 52.0 Å². The highest BCUT2D eigenvalue weighted by molar-refractivity contribution is 5.48. The second kappa shape index (κ2) is 6.83. The molecule has 1 fully saturated rings. The molecule has 0 radical (unpaired) electrons. The lowest BCUT2D eigenvalue weighted by Crippen LogP contribution is -2.39. The van der Waals surface area contributed by atoms with Gasteiger partial charge in [0.1, 0.15) is 5.82 Å². The lowest BCUT2D eigenvalue weighted by molar-refractivity contribution is 0.512. The van der Waals surface area contributed by atoms with Gasteiger partial charge in [0.15, 0.2) is 11.5 Å². The maximum absolute atomic E-state index is 4.84. The van der Waals surface area contributed by atoms with Gasteiger partial charge in [-0.2, -0.15) is 4.52 Å². The summed E-state index contributed by atoms with van der Waals surface area (Å²) in [6.45, 7) is 10.5. The summed E-state index contributed by atoms with van der Waals surface area (Å²) in [6, 6.07) is 13.2. The van der Waals surface area contributed by atoms with E-state index in [0.717, 1.165) is 43.2 Å².